The number of hydrogen-bond donors (Lipinski definition) is 0. The first kappa shape index (κ1) is 20.5. The molecular formula is C21H28N4O2S. The van der Waals surface area contributed by atoms with Crippen molar-refractivity contribution in [2.45, 2.75) is 39.0 Å². The van der Waals surface area contributed by atoms with Gasteiger partial charge in [-0.1, -0.05) is 19.4 Å². The third kappa shape index (κ3) is 5.16. The van der Waals surface area contributed by atoms with E-state index in [0.717, 1.165) is 48.6 Å². The average molecular weight is 401 g/mol. The van der Waals surface area contributed by atoms with Gasteiger partial charge in [-0.3, -0.25) is 14.6 Å². The van der Waals surface area contributed by atoms with Gasteiger partial charge in [-0.05, 0) is 31.4 Å². The number of likely N-dealkylation sites (tertiary alicyclic amines) is 1. The van der Waals surface area contributed by atoms with E-state index in [9.17, 15) is 9.59 Å². The number of carbonyl (C=O) groups excluding carboxylic acids is 2. The Morgan fingerprint density at radius 2 is 2.07 bits per heavy atom. The van der Waals surface area contributed by atoms with Gasteiger partial charge in [0.05, 0.1) is 17.8 Å². The maximum Gasteiger partial charge on any atom is 0.228 e. The number of thiazole rings is 1. The summed E-state index contributed by atoms with van der Waals surface area (Å²) in [5, 5.41) is 2.77. The second-order valence-corrected chi connectivity index (χ2v) is 8.16. The Morgan fingerprint density at radius 1 is 1.29 bits per heavy atom. The fraction of sp³-hybridized carbons (Fsp3) is 0.524. The molecule has 0 spiro atoms. The highest BCUT2D eigenvalue weighted by molar-refractivity contribution is 7.13. The number of unbranched alkanes of at least 4 members (excludes halogenated alkanes) is 1. The highest BCUT2D eigenvalue weighted by Crippen LogP contribution is 2.23. The predicted molar refractivity (Wildman–Crippen MR) is 111 cm³/mol. The van der Waals surface area contributed by atoms with Crippen molar-refractivity contribution in [2.75, 3.05) is 26.7 Å². The Balaban J connectivity index is 1.49. The number of piperidine rings is 1. The molecule has 3 rings (SSSR count). The van der Waals surface area contributed by atoms with Crippen LogP contribution in [0.25, 0.3) is 10.7 Å². The van der Waals surface area contributed by atoms with Gasteiger partial charge in [-0.15, -0.1) is 11.3 Å². The molecule has 3 heterocycles. The van der Waals surface area contributed by atoms with Gasteiger partial charge in [0.2, 0.25) is 11.8 Å². The number of carbonyl (C=O) groups is 2. The van der Waals surface area contributed by atoms with Crippen LogP contribution in [0.3, 0.4) is 0 Å². The van der Waals surface area contributed by atoms with Gasteiger partial charge in [0.15, 0.2) is 0 Å². The third-order valence-electron chi connectivity index (χ3n) is 5.19. The van der Waals surface area contributed by atoms with Crippen LogP contribution in [0.4, 0.5) is 0 Å². The summed E-state index contributed by atoms with van der Waals surface area (Å²) in [4.78, 5) is 37.7. The number of pyridine rings is 1. The van der Waals surface area contributed by atoms with E-state index in [1.807, 2.05) is 40.4 Å². The zero-order valence-electron chi connectivity index (χ0n) is 16.6. The Morgan fingerprint density at radius 3 is 2.75 bits per heavy atom. The van der Waals surface area contributed by atoms with Gasteiger partial charge >= 0.3 is 0 Å². The highest BCUT2D eigenvalue weighted by Gasteiger charge is 2.29. The molecule has 6 nitrogen and oxygen atoms in total. The van der Waals surface area contributed by atoms with Crippen molar-refractivity contribution in [3.8, 4) is 10.7 Å². The first-order chi connectivity index (χ1) is 13.6. The molecule has 0 aliphatic carbocycles. The smallest absolute Gasteiger partial charge is 0.228 e. The minimum absolute atomic E-state index is 0.0425. The van der Waals surface area contributed by atoms with Crippen LogP contribution in [0, 0.1) is 5.92 Å². The van der Waals surface area contributed by atoms with Gasteiger partial charge in [-0.2, -0.15) is 0 Å². The van der Waals surface area contributed by atoms with Crippen LogP contribution in [0.2, 0.25) is 0 Å². The lowest BCUT2D eigenvalue weighted by Crippen LogP contribution is -2.44. The lowest BCUT2D eigenvalue weighted by molar-refractivity contribution is -0.139. The average Bonchev–Trinajstić information content (AvgIpc) is 3.20. The fourth-order valence-corrected chi connectivity index (χ4v) is 4.25. The van der Waals surface area contributed by atoms with E-state index in [-0.39, 0.29) is 17.7 Å². The Kier molecular flexibility index (Phi) is 7.14. The third-order valence-corrected chi connectivity index (χ3v) is 6.10. The summed E-state index contributed by atoms with van der Waals surface area (Å²) in [5.74, 6) is 0.351. The normalized spacial score (nSPS) is 14.9. The van der Waals surface area contributed by atoms with Crippen molar-refractivity contribution in [2.24, 2.45) is 5.92 Å². The van der Waals surface area contributed by atoms with Crippen molar-refractivity contribution in [3.63, 3.8) is 0 Å². The number of amides is 2. The van der Waals surface area contributed by atoms with E-state index in [2.05, 4.69) is 16.9 Å². The SMILES string of the molecule is CCCCN(C)C(=O)C1CCN(C(=O)Cc2csc(-c3ccccn3)n2)CC1. The molecule has 1 fully saturated rings. The number of rotatable bonds is 7. The first-order valence-electron chi connectivity index (χ1n) is 9.97. The van der Waals surface area contributed by atoms with Gasteiger partial charge in [0.25, 0.3) is 0 Å². The molecule has 0 aromatic carbocycles. The largest absolute Gasteiger partial charge is 0.346 e. The van der Waals surface area contributed by atoms with Crippen LogP contribution in [-0.4, -0.2) is 58.3 Å². The molecule has 2 aromatic heterocycles. The van der Waals surface area contributed by atoms with Gasteiger partial charge in [0.1, 0.15) is 5.01 Å². The standard InChI is InChI=1S/C21H28N4O2S/c1-3-4-11-24(2)21(27)16-8-12-25(13-9-16)19(26)14-17-15-28-20(23-17)18-7-5-6-10-22-18/h5-7,10,15-16H,3-4,8-9,11-14H2,1-2H3. The quantitative estimate of drug-likeness (QED) is 0.716. The molecule has 0 atom stereocenters. The number of hydrogen-bond acceptors (Lipinski definition) is 5. The summed E-state index contributed by atoms with van der Waals surface area (Å²) in [7, 11) is 1.89. The molecule has 1 saturated heterocycles. The lowest BCUT2D eigenvalue weighted by Gasteiger charge is -2.33. The molecule has 150 valence electrons. The van der Waals surface area contributed by atoms with Gasteiger partial charge < -0.3 is 9.80 Å². The molecule has 0 unspecified atom stereocenters. The lowest BCUT2D eigenvalue weighted by atomic mass is 9.95. The van der Waals surface area contributed by atoms with E-state index in [1.165, 1.54) is 11.3 Å². The second-order valence-electron chi connectivity index (χ2n) is 7.30. The Hall–Kier alpha value is -2.28. The highest BCUT2D eigenvalue weighted by atomic mass is 32.1. The molecule has 2 aromatic rings. The van der Waals surface area contributed by atoms with Crippen molar-refractivity contribution in [1.82, 2.24) is 19.8 Å². The summed E-state index contributed by atoms with van der Waals surface area (Å²) in [6.45, 7) is 4.24. The maximum atomic E-state index is 12.6. The summed E-state index contributed by atoms with van der Waals surface area (Å²) >= 11 is 1.51. The minimum atomic E-state index is 0.0425. The summed E-state index contributed by atoms with van der Waals surface area (Å²) in [5.41, 5.74) is 1.62. The Bertz CT molecular complexity index is 785. The zero-order chi connectivity index (χ0) is 19.9. The van der Waals surface area contributed by atoms with Crippen LogP contribution < -0.4 is 0 Å². The van der Waals surface area contributed by atoms with E-state index >= 15 is 0 Å². The van der Waals surface area contributed by atoms with E-state index < -0.39 is 0 Å². The molecule has 0 bridgehead atoms. The topological polar surface area (TPSA) is 66.4 Å². The van der Waals surface area contributed by atoms with Crippen LogP contribution in [-0.2, 0) is 16.0 Å². The van der Waals surface area contributed by atoms with Crippen LogP contribution in [0.1, 0.15) is 38.3 Å². The number of nitrogens with zero attached hydrogens (tertiary/aromatic N) is 4. The van der Waals surface area contributed by atoms with Crippen molar-refractivity contribution < 1.29 is 9.59 Å². The van der Waals surface area contributed by atoms with Crippen molar-refractivity contribution in [3.05, 3.63) is 35.5 Å². The summed E-state index contributed by atoms with van der Waals surface area (Å²) in [6, 6.07) is 5.72. The zero-order valence-corrected chi connectivity index (χ0v) is 17.5. The van der Waals surface area contributed by atoms with Gasteiger partial charge in [0, 0.05) is 44.2 Å². The van der Waals surface area contributed by atoms with Crippen LogP contribution >= 0.6 is 11.3 Å². The molecule has 0 saturated carbocycles. The summed E-state index contributed by atoms with van der Waals surface area (Å²) in [6.07, 6.45) is 5.66. The molecule has 28 heavy (non-hydrogen) atoms. The Labute approximate surface area is 170 Å². The van der Waals surface area contributed by atoms with Crippen LogP contribution in [0.15, 0.2) is 29.8 Å². The second kappa shape index (κ2) is 9.78. The van der Waals surface area contributed by atoms with Crippen molar-refractivity contribution >= 4 is 23.2 Å². The molecule has 1 aliphatic rings. The molecular weight excluding hydrogens is 372 g/mol. The predicted octanol–water partition coefficient (Wildman–Crippen LogP) is 3.24. The summed E-state index contributed by atoms with van der Waals surface area (Å²) < 4.78 is 0. The van der Waals surface area contributed by atoms with E-state index in [0.29, 0.717) is 19.5 Å². The number of aromatic nitrogens is 2. The maximum absolute atomic E-state index is 12.6. The van der Waals surface area contributed by atoms with Crippen LogP contribution in [0.5, 0.6) is 0 Å². The molecule has 0 radical (unpaired) electrons. The fourth-order valence-electron chi connectivity index (χ4n) is 3.45. The first-order valence-corrected chi connectivity index (χ1v) is 10.8. The van der Waals surface area contributed by atoms with Crippen molar-refractivity contribution in [1.29, 1.82) is 0 Å². The molecule has 1 aliphatic heterocycles. The molecule has 2 amide bonds. The van der Waals surface area contributed by atoms with Gasteiger partial charge in [-0.25, -0.2) is 4.98 Å². The minimum Gasteiger partial charge on any atom is -0.346 e. The molecule has 7 heteroatoms. The molecule has 0 N–H and O–H groups in total. The van der Waals surface area contributed by atoms with E-state index in [4.69, 9.17) is 0 Å². The van der Waals surface area contributed by atoms with E-state index in [1.54, 1.807) is 6.20 Å². The monoisotopic (exact) mass is 400 g/mol.